The van der Waals surface area contributed by atoms with Crippen molar-refractivity contribution in [3.8, 4) is 0 Å². The minimum atomic E-state index is -2.77. The molecule has 0 bridgehead atoms. The number of benzene rings is 1. The Labute approximate surface area is 81.9 Å². The summed E-state index contributed by atoms with van der Waals surface area (Å²) in [4.78, 5) is 15.7. The lowest BCUT2D eigenvalue weighted by atomic mass is 10.3. The molecule has 1 heterocycles. The molecular weight excluding hydrogens is 208 g/mol. The summed E-state index contributed by atoms with van der Waals surface area (Å²) < 4.78 is 24.5. The number of para-hydroxylation sites is 1. The maximum absolute atomic E-state index is 12.3. The van der Waals surface area contributed by atoms with Crippen molar-refractivity contribution >= 4 is 16.7 Å². The number of non-ortho nitro benzene ring substituents is 1. The van der Waals surface area contributed by atoms with E-state index in [1.165, 1.54) is 18.2 Å². The van der Waals surface area contributed by atoms with Crippen LogP contribution in [0.15, 0.2) is 18.2 Å². The van der Waals surface area contributed by atoms with E-state index in [1.54, 1.807) is 0 Å². The topological polar surface area (TPSA) is 71.8 Å². The van der Waals surface area contributed by atoms with Gasteiger partial charge in [-0.1, -0.05) is 6.07 Å². The Kier molecular flexibility index (Phi) is 2.07. The number of rotatable bonds is 2. The summed E-state index contributed by atoms with van der Waals surface area (Å²) in [5.41, 5.74) is -0.0899. The summed E-state index contributed by atoms with van der Waals surface area (Å²) in [5.74, 6) is -0.556. The van der Waals surface area contributed by atoms with E-state index in [0.29, 0.717) is 0 Å². The Morgan fingerprint density at radius 1 is 1.47 bits per heavy atom. The summed E-state index contributed by atoms with van der Waals surface area (Å²) in [5, 5.41) is 10.6. The molecule has 5 nitrogen and oxygen atoms in total. The van der Waals surface area contributed by atoms with E-state index in [4.69, 9.17) is 0 Å². The molecule has 7 heteroatoms. The molecule has 0 saturated carbocycles. The van der Waals surface area contributed by atoms with E-state index in [2.05, 4.69) is 9.97 Å². The number of nitro benzene ring substituents is 1. The number of halogens is 2. The van der Waals surface area contributed by atoms with Crippen LogP contribution in [-0.2, 0) is 0 Å². The van der Waals surface area contributed by atoms with Crippen LogP contribution in [0.4, 0.5) is 14.5 Å². The second-order valence-electron chi connectivity index (χ2n) is 2.85. The summed E-state index contributed by atoms with van der Waals surface area (Å²) in [7, 11) is 0. The molecule has 2 aromatic rings. The van der Waals surface area contributed by atoms with Gasteiger partial charge in [0.25, 0.3) is 12.1 Å². The minimum absolute atomic E-state index is 0.0437. The van der Waals surface area contributed by atoms with Gasteiger partial charge in [-0.15, -0.1) is 0 Å². The van der Waals surface area contributed by atoms with Crippen molar-refractivity contribution < 1.29 is 13.7 Å². The van der Waals surface area contributed by atoms with E-state index >= 15 is 0 Å². The van der Waals surface area contributed by atoms with Crippen molar-refractivity contribution in [1.29, 1.82) is 0 Å². The van der Waals surface area contributed by atoms with Crippen LogP contribution in [0.2, 0.25) is 0 Å². The number of alkyl halides is 2. The molecule has 1 N–H and O–H groups in total. The molecule has 0 radical (unpaired) electrons. The monoisotopic (exact) mass is 213 g/mol. The predicted octanol–water partition coefficient (Wildman–Crippen LogP) is 2.41. The first kappa shape index (κ1) is 9.50. The SMILES string of the molecule is O=[N+]([O-])c1cccc2[nH]c(C(F)F)nc12. The molecule has 2 rings (SSSR count). The molecule has 78 valence electrons. The third-order valence-corrected chi connectivity index (χ3v) is 1.91. The highest BCUT2D eigenvalue weighted by Gasteiger charge is 2.18. The van der Waals surface area contributed by atoms with Gasteiger partial charge in [-0.3, -0.25) is 10.1 Å². The van der Waals surface area contributed by atoms with Crippen molar-refractivity contribution in [2.75, 3.05) is 0 Å². The van der Waals surface area contributed by atoms with Gasteiger partial charge in [-0.25, -0.2) is 13.8 Å². The molecule has 0 aliphatic rings. The van der Waals surface area contributed by atoms with Gasteiger partial charge in [-0.2, -0.15) is 0 Å². The molecule has 0 atom stereocenters. The second-order valence-corrected chi connectivity index (χ2v) is 2.85. The maximum Gasteiger partial charge on any atom is 0.297 e. The van der Waals surface area contributed by atoms with E-state index in [9.17, 15) is 18.9 Å². The molecule has 1 aromatic heterocycles. The Morgan fingerprint density at radius 3 is 2.80 bits per heavy atom. The van der Waals surface area contributed by atoms with E-state index in [0.717, 1.165) is 0 Å². The number of aromatic amines is 1. The normalized spacial score (nSPS) is 11.1. The smallest absolute Gasteiger partial charge is 0.297 e. The maximum atomic E-state index is 12.3. The molecule has 0 fully saturated rings. The summed E-state index contributed by atoms with van der Waals surface area (Å²) in [6.45, 7) is 0. The fourth-order valence-corrected chi connectivity index (χ4v) is 1.29. The summed E-state index contributed by atoms with van der Waals surface area (Å²) >= 11 is 0. The number of fused-ring (bicyclic) bond motifs is 1. The van der Waals surface area contributed by atoms with Crippen LogP contribution in [0.3, 0.4) is 0 Å². The zero-order valence-corrected chi connectivity index (χ0v) is 7.28. The lowest BCUT2D eigenvalue weighted by molar-refractivity contribution is -0.383. The fourth-order valence-electron chi connectivity index (χ4n) is 1.29. The number of H-pyrrole nitrogens is 1. The van der Waals surface area contributed by atoms with Crippen molar-refractivity contribution in [2.45, 2.75) is 6.43 Å². The largest absolute Gasteiger partial charge is 0.337 e. The van der Waals surface area contributed by atoms with Crippen LogP contribution in [-0.4, -0.2) is 14.9 Å². The molecule has 0 aliphatic heterocycles. The molecule has 1 aromatic carbocycles. The van der Waals surface area contributed by atoms with Crippen molar-refractivity contribution in [3.63, 3.8) is 0 Å². The molecule has 0 saturated heterocycles. The Balaban J connectivity index is 2.70. The van der Waals surface area contributed by atoms with E-state index < -0.39 is 17.2 Å². The third kappa shape index (κ3) is 1.51. The van der Waals surface area contributed by atoms with E-state index in [1.807, 2.05) is 0 Å². The molecule has 0 aliphatic carbocycles. The van der Waals surface area contributed by atoms with Crippen molar-refractivity contribution in [2.24, 2.45) is 0 Å². The number of hydrogen-bond donors (Lipinski definition) is 1. The number of nitrogens with one attached hydrogen (secondary N) is 1. The fraction of sp³-hybridized carbons (Fsp3) is 0.125. The third-order valence-electron chi connectivity index (χ3n) is 1.91. The Morgan fingerprint density at radius 2 is 2.20 bits per heavy atom. The van der Waals surface area contributed by atoms with Crippen molar-refractivity contribution in [3.05, 3.63) is 34.1 Å². The van der Waals surface area contributed by atoms with Gasteiger partial charge >= 0.3 is 0 Å². The zero-order chi connectivity index (χ0) is 11.0. The average Bonchev–Trinajstić information content (AvgIpc) is 2.60. The lowest BCUT2D eigenvalue weighted by Gasteiger charge is -1.90. The minimum Gasteiger partial charge on any atom is -0.337 e. The van der Waals surface area contributed by atoms with Crippen LogP contribution in [0.25, 0.3) is 11.0 Å². The predicted molar refractivity (Wildman–Crippen MR) is 47.7 cm³/mol. The van der Waals surface area contributed by atoms with Gasteiger partial charge < -0.3 is 4.98 Å². The van der Waals surface area contributed by atoms with Crippen LogP contribution in [0.1, 0.15) is 12.2 Å². The van der Waals surface area contributed by atoms with Crippen molar-refractivity contribution in [1.82, 2.24) is 9.97 Å². The molecule has 0 unspecified atom stereocenters. The second kappa shape index (κ2) is 3.26. The molecule has 0 amide bonds. The number of nitro groups is 1. The number of nitrogens with zero attached hydrogens (tertiary/aromatic N) is 2. The van der Waals surface area contributed by atoms with Crippen LogP contribution in [0, 0.1) is 10.1 Å². The first-order chi connectivity index (χ1) is 7.09. The molecular formula is C8H5F2N3O2. The van der Waals surface area contributed by atoms with E-state index in [-0.39, 0.29) is 16.7 Å². The lowest BCUT2D eigenvalue weighted by Crippen LogP contribution is -1.89. The van der Waals surface area contributed by atoms with Crippen LogP contribution >= 0.6 is 0 Å². The Bertz CT molecular complexity index is 524. The first-order valence-corrected chi connectivity index (χ1v) is 4.01. The number of imidazole rings is 1. The molecule has 15 heavy (non-hydrogen) atoms. The number of hydrogen-bond acceptors (Lipinski definition) is 3. The zero-order valence-electron chi connectivity index (χ0n) is 7.28. The highest BCUT2D eigenvalue weighted by molar-refractivity contribution is 5.84. The van der Waals surface area contributed by atoms with Crippen LogP contribution < -0.4 is 0 Å². The summed E-state index contributed by atoms with van der Waals surface area (Å²) in [6, 6.07) is 4.09. The van der Waals surface area contributed by atoms with Gasteiger partial charge in [0.05, 0.1) is 10.4 Å². The van der Waals surface area contributed by atoms with Gasteiger partial charge in [-0.05, 0) is 6.07 Å². The van der Waals surface area contributed by atoms with Gasteiger partial charge in [0.1, 0.15) is 0 Å². The molecule has 0 spiro atoms. The van der Waals surface area contributed by atoms with Gasteiger partial charge in [0.2, 0.25) is 0 Å². The average molecular weight is 213 g/mol. The first-order valence-electron chi connectivity index (χ1n) is 4.01. The standard InChI is InChI=1S/C8H5F2N3O2/c9-7(10)8-11-4-2-1-3-5(13(14)15)6(4)12-8/h1-3,7H,(H,11,12). The highest BCUT2D eigenvalue weighted by atomic mass is 19.3. The van der Waals surface area contributed by atoms with Gasteiger partial charge in [0.15, 0.2) is 11.3 Å². The van der Waals surface area contributed by atoms with Crippen LogP contribution in [0.5, 0.6) is 0 Å². The Hall–Kier alpha value is -2.05. The quantitative estimate of drug-likeness (QED) is 0.614. The van der Waals surface area contributed by atoms with Gasteiger partial charge in [0, 0.05) is 6.07 Å². The highest BCUT2D eigenvalue weighted by Crippen LogP contribution is 2.26. The number of aromatic nitrogens is 2. The summed E-state index contributed by atoms with van der Waals surface area (Å²) in [6.07, 6.45) is -2.77.